The summed E-state index contributed by atoms with van der Waals surface area (Å²) in [5.74, 6) is 0.829. The SMILES string of the molecule is CC(C)CCCCNC(C)c1cccnc1. The van der Waals surface area contributed by atoms with Crippen molar-refractivity contribution < 1.29 is 0 Å². The molecule has 16 heavy (non-hydrogen) atoms. The molecule has 0 aliphatic carbocycles. The Morgan fingerprint density at radius 2 is 2.06 bits per heavy atom. The first kappa shape index (κ1) is 13.2. The molecule has 2 heteroatoms. The summed E-state index contributed by atoms with van der Waals surface area (Å²) in [5.41, 5.74) is 1.27. The molecule has 0 amide bonds. The molecule has 2 nitrogen and oxygen atoms in total. The summed E-state index contributed by atoms with van der Waals surface area (Å²) in [7, 11) is 0. The van der Waals surface area contributed by atoms with Gasteiger partial charge in [0.05, 0.1) is 0 Å². The van der Waals surface area contributed by atoms with E-state index in [0.29, 0.717) is 6.04 Å². The van der Waals surface area contributed by atoms with E-state index < -0.39 is 0 Å². The highest BCUT2D eigenvalue weighted by atomic mass is 14.9. The highest BCUT2D eigenvalue weighted by molar-refractivity contribution is 5.12. The molecule has 0 saturated carbocycles. The second-order valence-corrected chi connectivity index (χ2v) is 4.85. The summed E-state index contributed by atoms with van der Waals surface area (Å²) < 4.78 is 0. The van der Waals surface area contributed by atoms with E-state index in [1.807, 2.05) is 18.5 Å². The van der Waals surface area contributed by atoms with Crippen molar-refractivity contribution in [1.82, 2.24) is 10.3 Å². The van der Waals surface area contributed by atoms with Crippen LogP contribution in [0.4, 0.5) is 0 Å². The van der Waals surface area contributed by atoms with Crippen molar-refractivity contribution in [1.29, 1.82) is 0 Å². The largest absolute Gasteiger partial charge is 0.310 e. The zero-order chi connectivity index (χ0) is 11.8. The van der Waals surface area contributed by atoms with Crippen LogP contribution < -0.4 is 5.32 Å². The molecule has 1 aromatic rings. The van der Waals surface area contributed by atoms with Gasteiger partial charge in [-0.2, -0.15) is 0 Å². The molecule has 0 aliphatic heterocycles. The first-order valence-corrected chi connectivity index (χ1v) is 6.33. The van der Waals surface area contributed by atoms with Crippen molar-refractivity contribution in [2.45, 2.75) is 46.1 Å². The number of hydrogen-bond acceptors (Lipinski definition) is 2. The Morgan fingerprint density at radius 1 is 1.25 bits per heavy atom. The van der Waals surface area contributed by atoms with Gasteiger partial charge in [0.15, 0.2) is 0 Å². The molecule has 1 unspecified atom stereocenters. The maximum atomic E-state index is 4.13. The van der Waals surface area contributed by atoms with E-state index in [9.17, 15) is 0 Å². The van der Waals surface area contributed by atoms with Crippen LogP contribution in [0.3, 0.4) is 0 Å². The Kier molecular flexibility index (Phi) is 6.09. The van der Waals surface area contributed by atoms with E-state index in [2.05, 4.69) is 37.1 Å². The molecule has 0 bridgehead atoms. The third-order valence-corrected chi connectivity index (χ3v) is 2.84. The predicted octanol–water partition coefficient (Wildman–Crippen LogP) is 3.56. The van der Waals surface area contributed by atoms with Gasteiger partial charge in [-0.15, -0.1) is 0 Å². The lowest BCUT2D eigenvalue weighted by atomic mass is 10.1. The molecule has 0 aromatic carbocycles. The van der Waals surface area contributed by atoms with Crippen LogP contribution >= 0.6 is 0 Å². The summed E-state index contributed by atoms with van der Waals surface area (Å²) in [6, 6.07) is 4.53. The molecule has 0 fully saturated rings. The molecule has 0 radical (unpaired) electrons. The van der Waals surface area contributed by atoms with E-state index in [4.69, 9.17) is 0 Å². The Balaban J connectivity index is 2.14. The van der Waals surface area contributed by atoms with Gasteiger partial charge < -0.3 is 5.32 Å². The van der Waals surface area contributed by atoms with Crippen LogP contribution in [0, 0.1) is 5.92 Å². The van der Waals surface area contributed by atoms with Gasteiger partial charge in [0, 0.05) is 18.4 Å². The molecule has 1 N–H and O–H groups in total. The Morgan fingerprint density at radius 3 is 2.69 bits per heavy atom. The normalized spacial score (nSPS) is 13.0. The van der Waals surface area contributed by atoms with Gasteiger partial charge in [-0.05, 0) is 37.4 Å². The lowest BCUT2D eigenvalue weighted by Crippen LogP contribution is -2.19. The van der Waals surface area contributed by atoms with Gasteiger partial charge in [-0.1, -0.05) is 32.8 Å². The highest BCUT2D eigenvalue weighted by Crippen LogP contribution is 2.10. The molecule has 0 spiro atoms. The molecule has 1 aromatic heterocycles. The second-order valence-electron chi connectivity index (χ2n) is 4.85. The average Bonchev–Trinajstić information content (AvgIpc) is 2.29. The Bertz CT molecular complexity index is 269. The van der Waals surface area contributed by atoms with Gasteiger partial charge >= 0.3 is 0 Å². The smallest absolute Gasteiger partial charge is 0.0315 e. The fourth-order valence-corrected chi connectivity index (χ4v) is 1.75. The van der Waals surface area contributed by atoms with Crippen molar-refractivity contribution in [3.8, 4) is 0 Å². The molecule has 1 atom stereocenters. The zero-order valence-electron chi connectivity index (χ0n) is 10.7. The van der Waals surface area contributed by atoms with Crippen LogP contribution in [0.15, 0.2) is 24.5 Å². The van der Waals surface area contributed by atoms with Crippen molar-refractivity contribution in [2.75, 3.05) is 6.54 Å². The number of aromatic nitrogens is 1. The minimum atomic E-state index is 0.410. The third-order valence-electron chi connectivity index (χ3n) is 2.84. The van der Waals surface area contributed by atoms with Crippen LogP contribution in [-0.4, -0.2) is 11.5 Å². The minimum absolute atomic E-state index is 0.410. The molecule has 1 rings (SSSR count). The van der Waals surface area contributed by atoms with Crippen LogP contribution in [0.25, 0.3) is 0 Å². The molecular weight excluding hydrogens is 196 g/mol. The summed E-state index contributed by atoms with van der Waals surface area (Å²) in [5, 5.41) is 3.53. The number of nitrogens with zero attached hydrogens (tertiary/aromatic N) is 1. The van der Waals surface area contributed by atoms with Crippen LogP contribution in [0.2, 0.25) is 0 Å². The van der Waals surface area contributed by atoms with E-state index in [1.165, 1.54) is 24.8 Å². The summed E-state index contributed by atoms with van der Waals surface area (Å²) in [4.78, 5) is 4.13. The fraction of sp³-hybridized carbons (Fsp3) is 0.643. The van der Waals surface area contributed by atoms with E-state index in [0.717, 1.165) is 12.5 Å². The van der Waals surface area contributed by atoms with E-state index in [-0.39, 0.29) is 0 Å². The van der Waals surface area contributed by atoms with Gasteiger partial charge in [0.25, 0.3) is 0 Å². The number of hydrogen-bond donors (Lipinski definition) is 1. The lowest BCUT2D eigenvalue weighted by Gasteiger charge is -2.13. The first-order valence-electron chi connectivity index (χ1n) is 6.33. The Labute approximate surface area is 99.5 Å². The van der Waals surface area contributed by atoms with Crippen molar-refractivity contribution >= 4 is 0 Å². The third kappa shape index (κ3) is 5.26. The number of unbranched alkanes of at least 4 members (excludes halogenated alkanes) is 1. The van der Waals surface area contributed by atoms with Crippen LogP contribution in [-0.2, 0) is 0 Å². The van der Waals surface area contributed by atoms with E-state index >= 15 is 0 Å². The van der Waals surface area contributed by atoms with Crippen LogP contribution in [0.1, 0.15) is 51.6 Å². The first-order chi connectivity index (χ1) is 7.70. The average molecular weight is 220 g/mol. The molecule has 1 heterocycles. The lowest BCUT2D eigenvalue weighted by molar-refractivity contribution is 0.497. The quantitative estimate of drug-likeness (QED) is 0.711. The Hall–Kier alpha value is -0.890. The maximum Gasteiger partial charge on any atom is 0.0315 e. The number of nitrogens with one attached hydrogen (secondary N) is 1. The van der Waals surface area contributed by atoms with Gasteiger partial charge in [0.1, 0.15) is 0 Å². The molecular formula is C14H24N2. The second kappa shape index (κ2) is 7.39. The van der Waals surface area contributed by atoms with Crippen molar-refractivity contribution in [3.63, 3.8) is 0 Å². The maximum absolute atomic E-state index is 4.13. The predicted molar refractivity (Wildman–Crippen MR) is 69.3 cm³/mol. The summed E-state index contributed by atoms with van der Waals surface area (Å²) in [6.07, 6.45) is 7.68. The van der Waals surface area contributed by atoms with Crippen LogP contribution in [0.5, 0.6) is 0 Å². The summed E-state index contributed by atoms with van der Waals surface area (Å²) in [6.45, 7) is 7.86. The fourth-order valence-electron chi connectivity index (χ4n) is 1.75. The van der Waals surface area contributed by atoms with E-state index in [1.54, 1.807) is 0 Å². The zero-order valence-corrected chi connectivity index (χ0v) is 10.7. The highest BCUT2D eigenvalue weighted by Gasteiger charge is 2.03. The standard InChI is InChI=1S/C14H24N2/c1-12(2)7-4-5-10-16-13(3)14-8-6-9-15-11-14/h6,8-9,11-13,16H,4-5,7,10H2,1-3H3. The minimum Gasteiger partial charge on any atom is -0.310 e. The summed E-state index contributed by atoms with van der Waals surface area (Å²) >= 11 is 0. The molecule has 0 aliphatic rings. The monoisotopic (exact) mass is 220 g/mol. The molecule has 90 valence electrons. The number of pyridine rings is 1. The topological polar surface area (TPSA) is 24.9 Å². The number of rotatable bonds is 7. The molecule has 0 saturated heterocycles. The van der Waals surface area contributed by atoms with Crippen molar-refractivity contribution in [2.24, 2.45) is 5.92 Å². The van der Waals surface area contributed by atoms with Gasteiger partial charge in [-0.3, -0.25) is 4.98 Å². The van der Waals surface area contributed by atoms with Gasteiger partial charge in [0.2, 0.25) is 0 Å². The van der Waals surface area contributed by atoms with Crippen molar-refractivity contribution in [3.05, 3.63) is 30.1 Å². The van der Waals surface area contributed by atoms with Gasteiger partial charge in [-0.25, -0.2) is 0 Å².